The van der Waals surface area contributed by atoms with Crippen LogP contribution in [0.15, 0.2) is 42.5 Å². The fourth-order valence-electron chi connectivity index (χ4n) is 1.64. The zero-order valence-electron chi connectivity index (χ0n) is 10.2. The second-order valence-electron chi connectivity index (χ2n) is 4.11. The van der Waals surface area contributed by atoms with Gasteiger partial charge < -0.3 is 10.6 Å². The number of hydrogen-bond donors (Lipinski definition) is 2. The minimum absolute atomic E-state index is 0.344. The number of aryl methyl sites for hydroxylation is 1. The third-order valence-electron chi connectivity index (χ3n) is 2.40. The summed E-state index contributed by atoms with van der Waals surface area (Å²) in [6.07, 6.45) is 0. The van der Waals surface area contributed by atoms with E-state index in [0.717, 1.165) is 11.3 Å². The fourth-order valence-corrected chi connectivity index (χ4v) is 2.17. The summed E-state index contributed by atoms with van der Waals surface area (Å²) in [5.74, 6) is 0. The van der Waals surface area contributed by atoms with Crippen LogP contribution in [0, 0.1) is 6.92 Å². The van der Waals surface area contributed by atoms with Gasteiger partial charge in [-0.05, 0) is 42.8 Å². The molecule has 2 aromatic carbocycles. The highest BCUT2D eigenvalue weighted by atomic mass is 35.5. The van der Waals surface area contributed by atoms with E-state index < -0.39 is 0 Å². The van der Waals surface area contributed by atoms with E-state index in [0.29, 0.717) is 15.7 Å². The molecule has 5 heteroatoms. The summed E-state index contributed by atoms with van der Waals surface area (Å²) in [6, 6.07) is 12.0. The number of carbonyl (C=O) groups excluding carboxylic acids is 1. The number of carbonyl (C=O) groups is 1. The lowest BCUT2D eigenvalue weighted by Crippen LogP contribution is -2.19. The third kappa shape index (κ3) is 4.16. The first-order valence-corrected chi connectivity index (χ1v) is 6.39. The van der Waals surface area contributed by atoms with Crippen molar-refractivity contribution in [2.24, 2.45) is 0 Å². The van der Waals surface area contributed by atoms with Crippen LogP contribution in [0.1, 0.15) is 5.56 Å². The Kier molecular flexibility index (Phi) is 4.30. The van der Waals surface area contributed by atoms with Crippen molar-refractivity contribution in [3.63, 3.8) is 0 Å². The van der Waals surface area contributed by atoms with Crippen LogP contribution < -0.4 is 10.6 Å². The number of hydrogen-bond acceptors (Lipinski definition) is 1. The summed E-state index contributed by atoms with van der Waals surface area (Å²) >= 11 is 11.7. The molecule has 0 bridgehead atoms. The average Bonchev–Trinajstić information content (AvgIpc) is 2.26. The Morgan fingerprint density at radius 2 is 1.58 bits per heavy atom. The van der Waals surface area contributed by atoms with Crippen LogP contribution in [0.25, 0.3) is 0 Å². The molecule has 0 radical (unpaired) electrons. The summed E-state index contributed by atoms with van der Waals surface area (Å²) in [5.41, 5.74) is 2.34. The summed E-state index contributed by atoms with van der Waals surface area (Å²) < 4.78 is 0. The number of benzene rings is 2. The molecule has 0 saturated heterocycles. The van der Waals surface area contributed by atoms with E-state index in [1.807, 2.05) is 31.2 Å². The molecule has 2 N–H and O–H groups in total. The zero-order chi connectivity index (χ0) is 13.8. The Bertz CT molecular complexity index is 594. The van der Waals surface area contributed by atoms with Gasteiger partial charge in [0.2, 0.25) is 0 Å². The lowest BCUT2D eigenvalue weighted by molar-refractivity contribution is 0.262. The molecule has 0 saturated carbocycles. The molecule has 2 aromatic rings. The van der Waals surface area contributed by atoms with Gasteiger partial charge in [0, 0.05) is 21.4 Å². The second-order valence-corrected chi connectivity index (χ2v) is 4.98. The Morgan fingerprint density at radius 1 is 0.947 bits per heavy atom. The summed E-state index contributed by atoms with van der Waals surface area (Å²) in [7, 11) is 0. The number of anilines is 2. The quantitative estimate of drug-likeness (QED) is 0.809. The topological polar surface area (TPSA) is 41.1 Å². The van der Waals surface area contributed by atoms with Crippen molar-refractivity contribution in [2.45, 2.75) is 6.92 Å². The molecule has 0 aliphatic heterocycles. The molecule has 0 aliphatic rings. The number of nitrogens with one attached hydrogen (secondary N) is 2. The Labute approximate surface area is 121 Å². The van der Waals surface area contributed by atoms with Gasteiger partial charge in [-0.1, -0.05) is 35.3 Å². The highest BCUT2D eigenvalue weighted by molar-refractivity contribution is 6.35. The molecule has 19 heavy (non-hydrogen) atoms. The van der Waals surface area contributed by atoms with Crippen LogP contribution in [-0.2, 0) is 0 Å². The van der Waals surface area contributed by atoms with Crippen molar-refractivity contribution in [2.75, 3.05) is 10.6 Å². The first-order valence-electron chi connectivity index (χ1n) is 5.64. The van der Waals surface area contributed by atoms with E-state index in [9.17, 15) is 4.79 Å². The van der Waals surface area contributed by atoms with E-state index in [2.05, 4.69) is 10.6 Å². The van der Waals surface area contributed by atoms with Crippen molar-refractivity contribution in [1.29, 1.82) is 0 Å². The molecule has 0 atom stereocenters. The van der Waals surface area contributed by atoms with Gasteiger partial charge in [0.15, 0.2) is 0 Å². The highest BCUT2D eigenvalue weighted by Crippen LogP contribution is 2.22. The lowest BCUT2D eigenvalue weighted by Gasteiger charge is -2.08. The Morgan fingerprint density at radius 3 is 2.21 bits per heavy atom. The van der Waals surface area contributed by atoms with E-state index in [-0.39, 0.29) is 6.03 Å². The van der Waals surface area contributed by atoms with Crippen molar-refractivity contribution in [3.8, 4) is 0 Å². The molecule has 2 rings (SSSR count). The predicted molar refractivity (Wildman–Crippen MR) is 80.3 cm³/mol. The molecule has 3 nitrogen and oxygen atoms in total. The van der Waals surface area contributed by atoms with Crippen molar-refractivity contribution < 1.29 is 4.79 Å². The second kappa shape index (κ2) is 5.95. The van der Waals surface area contributed by atoms with E-state index in [1.54, 1.807) is 18.2 Å². The molecule has 0 unspecified atom stereocenters. The summed E-state index contributed by atoms with van der Waals surface area (Å²) in [4.78, 5) is 11.8. The molecule has 0 spiro atoms. The summed E-state index contributed by atoms with van der Waals surface area (Å²) in [6.45, 7) is 1.96. The highest BCUT2D eigenvalue weighted by Gasteiger charge is 2.04. The minimum Gasteiger partial charge on any atom is -0.308 e. The van der Waals surface area contributed by atoms with Gasteiger partial charge in [-0.2, -0.15) is 0 Å². The van der Waals surface area contributed by atoms with Gasteiger partial charge in [-0.15, -0.1) is 0 Å². The molecule has 98 valence electrons. The molecule has 0 heterocycles. The van der Waals surface area contributed by atoms with Gasteiger partial charge in [0.1, 0.15) is 0 Å². The number of urea groups is 1. The number of amides is 2. The van der Waals surface area contributed by atoms with Crippen LogP contribution in [0.5, 0.6) is 0 Å². The average molecular weight is 295 g/mol. The van der Waals surface area contributed by atoms with Crippen LogP contribution in [0.3, 0.4) is 0 Å². The minimum atomic E-state index is -0.344. The maximum Gasteiger partial charge on any atom is 0.323 e. The normalized spacial score (nSPS) is 10.1. The van der Waals surface area contributed by atoms with Gasteiger partial charge >= 0.3 is 6.03 Å². The molecular formula is C14H12Cl2N2O. The number of rotatable bonds is 2. The van der Waals surface area contributed by atoms with Gasteiger partial charge in [-0.25, -0.2) is 4.79 Å². The van der Waals surface area contributed by atoms with Crippen LogP contribution >= 0.6 is 23.2 Å². The SMILES string of the molecule is Cc1cccc(NC(=O)Nc2cc(Cl)cc(Cl)c2)c1. The van der Waals surface area contributed by atoms with Crippen LogP contribution in [-0.4, -0.2) is 6.03 Å². The van der Waals surface area contributed by atoms with E-state index >= 15 is 0 Å². The number of halogens is 2. The monoisotopic (exact) mass is 294 g/mol. The molecule has 0 aliphatic carbocycles. The molecule has 0 aromatic heterocycles. The van der Waals surface area contributed by atoms with Gasteiger partial charge in [-0.3, -0.25) is 0 Å². The Balaban J connectivity index is 2.05. The first kappa shape index (κ1) is 13.7. The fraction of sp³-hybridized carbons (Fsp3) is 0.0714. The van der Waals surface area contributed by atoms with Crippen LogP contribution in [0.2, 0.25) is 10.0 Å². The van der Waals surface area contributed by atoms with Gasteiger partial charge in [0.25, 0.3) is 0 Å². The summed E-state index contributed by atoms with van der Waals surface area (Å²) in [5, 5.41) is 6.35. The predicted octanol–water partition coefficient (Wildman–Crippen LogP) is 4.95. The largest absolute Gasteiger partial charge is 0.323 e. The smallest absolute Gasteiger partial charge is 0.308 e. The maximum atomic E-state index is 11.8. The van der Waals surface area contributed by atoms with Gasteiger partial charge in [0.05, 0.1) is 0 Å². The van der Waals surface area contributed by atoms with Crippen LogP contribution in [0.4, 0.5) is 16.2 Å². The van der Waals surface area contributed by atoms with E-state index in [4.69, 9.17) is 23.2 Å². The molecular weight excluding hydrogens is 283 g/mol. The third-order valence-corrected chi connectivity index (χ3v) is 2.83. The van der Waals surface area contributed by atoms with Crippen molar-refractivity contribution in [1.82, 2.24) is 0 Å². The maximum absolute atomic E-state index is 11.8. The van der Waals surface area contributed by atoms with Crippen molar-refractivity contribution in [3.05, 3.63) is 58.1 Å². The first-order chi connectivity index (χ1) is 9.02. The zero-order valence-corrected chi connectivity index (χ0v) is 11.7. The standard InChI is InChI=1S/C14H12Cl2N2O/c1-9-3-2-4-12(5-9)17-14(19)18-13-7-10(15)6-11(16)8-13/h2-8H,1H3,(H2,17,18,19). The van der Waals surface area contributed by atoms with Crippen molar-refractivity contribution >= 4 is 40.6 Å². The lowest BCUT2D eigenvalue weighted by atomic mass is 10.2. The molecule has 2 amide bonds. The molecule has 0 fully saturated rings. The van der Waals surface area contributed by atoms with E-state index in [1.165, 1.54) is 0 Å². The Hall–Kier alpha value is -1.71.